The Balaban J connectivity index is 1.23. The van der Waals surface area contributed by atoms with E-state index in [2.05, 4.69) is 15.0 Å². The Hall–Kier alpha value is -2.15. The number of anilines is 1. The second-order valence-corrected chi connectivity index (χ2v) is 12.0. The Labute approximate surface area is 209 Å². The highest BCUT2D eigenvalue weighted by Gasteiger charge is 2.56. The molecule has 5 heterocycles. The second kappa shape index (κ2) is 9.06. The van der Waals surface area contributed by atoms with Crippen molar-refractivity contribution in [3.05, 3.63) is 12.7 Å². The highest BCUT2D eigenvalue weighted by Crippen LogP contribution is 2.45. The number of carbonyl (C=O) groups is 1. The van der Waals surface area contributed by atoms with E-state index >= 15 is 0 Å². The number of nitrogens with two attached hydrogens (primary N) is 1. The third kappa shape index (κ3) is 5.07. The van der Waals surface area contributed by atoms with E-state index in [1.807, 2.05) is 50.9 Å². The third-order valence-electron chi connectivity index (χ3n) is 6.38. The number of piperidine rings is 1. The summed E-state index contributed by atoms with van der Waals surface area (Å²) < 4.78 is 26.4. The van der Waals surface area contributed by atoms with Gasteiger partial charge in [0.25, 0.3) is 0 Å². The average Bonchev–Trinajstić information content (AvgIpc) is 3.43. The van der Waals surface area contributed by atoms with Crippen LogP contribution in [0.5, 0.6) is 0 Å². The molecule has 0 radical (unpaired) electrons. The number of nitrogens with zero attached hydrogens (tertiary/aromatic N) is 5. The molecule has 12 heteroatoms. The summed E-state index contributed by atoms with van der Waals surface area (Å²) in [4.78, 5) is 26.9. The van der Waals surface area contributed by atoms with Gasteiger partial charge in [0.1, 0.15) is 29.7 Å². The van der Waals surface area contributed by atoms with E-state index in [-0.39, 0.29) is 24.4 Å². The van der Waals surface area contributed by atoms with E-state index < -0.39 is 17.6 Å². The average molecular weight is 507 g/mol. The molecule has 5 rings (SSSR count). The first-order valence-corrected chi connectivity index (χ1v) is 13.1. The molecule has 3 aliphatic rings. The number of ether oxygens (including phenoxy) is 4. The largest absolute Gasteiger partial charge is 0.444 e. The van der Waals surface area contributed by atoms with Gasteiger partial charge in [0.15, 0.2) is 23.5 Å². The number of likely N-dealkylation sites (tertiary alicyclic amines) is 1. The predicted molar refractivity (Wildman–Crippen MR) is 131 cm³/mol. The first-order valence-electron chi connectivity index (χ1n) is 12.0. The SMILES string of the molecule is CC(C)(C)OC(=O)N1CCC(SCC2OC(n3cnc4c(N)ncnc43)C3OC(C)(C)OC23)CC1. The number of thioether (sulfide) groups is 1. The summed E-state index contributed by atoms with van der Waals surface area (Å²) >= 11 is 1.87. The molecule has 0 spiro atoms. The lowest BCUT2D eigenvalue weighted by Gasteiger charge is -2.33. The maximum atomic E-state index is 12.4. The summed E-state index contributed by atoms with van der Waals surface area (Å²) in [7, 11) is 0. The van der Waals surface area contributed by atoms with E-state index in [0.29, 0.717) is 35.3 Å². The fraction of sp³-hybridized carbons (Fsp3) is 0.739. The Morgan fingerprint density at radius 2 is 1.91 bits per heavy atom. The minimum absolute atomic E-state index is 0.155. The maximum absolute atomic E-state index is 12.4. The minimum Gasteiger partial charge on any atom is -0.444 e. The van der Waals surface area contributed by atoms with Crippen molar-refractivity contribution in [3.8, 4) is 0 Å². The molecule has 2 N–H and O–H groups in total. The van der Waals surface area contributed by atoms with Crippen LogP contribution < -0.4 is 5.73 Å². The van der Waals surface area contributed by atoms with Crippen molar-refractivity contribution in [2.24, 2.45) is 0 Å². The molecule has 192 valence electrons. The van der Waals surface area contributed by atoms with Crippen LogP contribution in [0.2, 0.25) is 0 Å². The van der Waals surface area contributed by atoms with Gasteiger partial charge < -0.3 is 29.6 Å². The Kier molecular flexibility index (Phi) is 6.35. The van der Waals surface area contributed by atoms with Crippen molar-refractivity contribution in [3.63, 3.8) is 0 Å². The van der Waals surface area contributed by atoms with Gasteiger partial charge in [-0.15, -0.1) is 0 Å². The van der Waals surface area contributed by atoms with Crippen LogP contribution in [0.3, 0.4) is 0 Å². The Bertz CT molecular complexity index is 1080. The standard InChI is InChI=1S/C23H34N6O5S/c1-22(2,3)34-21(30)28-8-6-13(7-9-28)35-10-14-16-17(33-23(4,5)32-16)20(31-14)29-12-27-15-18(24)25-11-26-19(15)29/h11-14,16-17,20H,6-10H2,1-5H3,(H2,24,25,26). The highest BCUT2D eigenvalue weighted by atomic mass is 32.2. The van der Waals surface area contributed by atoms with Gasteiger partial charge in [-0.05, 0) is 47.5 Å². The number of nitrogen functional groups attached to an aromatic ring is 1. The lowest BCUT2D eigenvalue weighted by molar-refractivity contribution is -0.193. The fourth-order valence-corrected chi connectivity index (χ4v) is 6.11. The topological polar surface area (TPSA) is 127 Å². The summed E-state index contributed by atoms with van der Waals surface area (Å²) in [5.74, 6) is 0.388. The minimum atomic E-state index is -0.705. The van der Waals surface area contributed by atoms with Gasteiger partial charge in [-0.2, -0.15) is 11.8 Å². The quantitative estimate of drug-likeness (QED) is 0.661. The summed E-state index contributed by atoms with van der Waals surface area (Å²) in [6.07, 6.45) is 3.61. The molecule has 3 aliphatic heterocycles. The summed E-state index contributed by atoms with van der Waals surface area (Å²) in [5, 5.41) is 0.437. The number of hydrogen-bond donors (Lipinski definition) is 1. The van der Waals surface area contributed by atoms with E-state index in [1.165, 1.54) is 6.33 Å². The molecule has 0 aliphatic carbocycles. The normalized spacial score (nSPS) is 29.0. The number of aromatic nitrogens is 4. The van der Waals surface area contributed by atoms with Gasteiger partial charge in [-0.3, -0.25) is 4.57 Å². The molecule has 0 saturated carbocycles. The number of amides is 1. The fourth-order valence-electron chi connectivity index (χ4n) is 4.84. The summed E-state index contributed by atoms with van der Waals surface area (Å²) in [6, 6.07) is 0. The second-order valence-electron chi connectivity index (χ2n) is 10.7. The van der Waals surface area contributed by atoms with Crippen LogP contribution in [0, 0.1) is 0 Å². The van der Waals surface area contributed by atoms with Gasteiger partial charge in [0.2, 0.25) is 0 Å². The molecular weight excluding hydrogens is 472 g/mol. The lowest BCUT2D eigenvalue weighted by atomic mass is 10.1. The zero-order chi connectivity index (χ0) is 25.0. The predicted octanol–water partition coefficient (Wildman–Crippen LogP) is 2.96. The van der Waals surface area contributed by atoms with Crippen molar-refractivity contribution >= 4 is 34.8 Å². The molecule has 4 atom stereocenters. The third-order valence-corrected chi connectivity index (χ3v) is 7.84. The zero-order valence-electron chi connectivity index (χ0n) is 20.8. The number of carbonyl (C=O) groups excluding carboxylic acids is 1. The van der Waals surface area contributed by atoms with Crippen molar-refractivity contribution in [1.82, 2.24) is 24.4 Å². The molecule has 4 unspecified atom stereocenters. The van der Waals surface area contributed by atoms with Crippen LogP contribution in [0.4, 0.5) is 10.6 Å². The molecule has 11 nitrogen and oxygen atoms in total. The van der Waals surface area contributed by atoms with Crippen LogP contribution in [0.1, 0.15) is 53.7 Å². The monoisotopic (exact) mass is 506 g/mol. The summed E-state index contributed by atoms with van der Waals surface area (Å²) in [6.45, 7) is 10.9. The zero-order valence-corrected chi connectivity index (χ0v) is 21.7. The van der Waals surface area contributed by atoms with Crippen molar-refractivity contribution in [1.29, 1.82) is 0 Å². The Morgan fingerprint density at radius 1 is 1.20 bits per heavy atom. The van der Waals surface area contributed by atoms with E-state index in [0.717, 1.165) is 18.6 Å². The smallest absolute Gasteiger partial charge is 0.410 e. The number of rotatable bonds is 4. The van der Waals surface area contributed by atoms with E-state index in [9.17, 15) is 4.79 Å². The first kappa shape index (κ1) is 24.5. The van der Waals surface area contributed by atoms with Crippen LogP contribution in [0.25, 0.3) is 11.2 Å². The van der Waals surface area contributed by atoms with Gasteiger partial charge in [-0.25, -0.2) is 19.7 Å². The van der Waals surface area contributed by atoms with Gasteiger partial charge in [-0.1, -0.05) is 0 Å². The number of imidazole rings is 1. The molecule has 1 amide bonds. The molecule has 2 aromatic rings. The molecule has 35 heavy (non-hydrogen) atoms. The van der Waals surface area contributed by atoms with E-state index in [4.69, 9.17) is 24.7 Å². The summed E-state index contributed by atoms with van der Waals surface area (Å²) in [5.41, 5.74) is 6.64. The molecule has 0 aromatic carbocycles. The van der Waals surface area contributed by atoms with Gasteiger partial charge in [0.05, 0.1) is 12.4 Å². The molecule has 2 aromatic heterocycles. The Morgan fingerprint density at radius 3 is 2.63 bits per heavy atom. The molecule has 0 bridgehead atoms. The lowest BCUT2D eigenvalue weighted by Crippen LogP contribution is -2.42. The van der Waals surface area contributed by atoms with Crippen LogP contribution in [-0.2, 0) is 18.9 Å². The molecular formula is C23H34N6O5S. The highest BCUT2D eigenvalue weighted by molar-refractivity contribution is 7.99. The van der Waals surface area contributed by atoms with E-state index in [1.54, 1.807) is 11.2 Å². The van der Waals surface area contributed by atoms with Crippen molar-refractivity contribution in [2.75, 3.05) is 24.6 Å². The van der Waals surface area contributed by atoms with Crippen LogP contribution in [0.15, 0.2) is 12.7 Å². The molecule has 3 saturated heterocycles. The number of fused-ring (bicyclic) bond motifs is 2. The van der Waals surface area contributed by atoms with Crippen molar-refractivity contribution < 1.29 is 23.7 Å². The van der Waals surface area contributed by atoms with Gasteiger partial charge in [0, 0.05) is 24.1 Å². The first-order chi connectivity index (χ1) is 16.5. The van der Waals surface area contributed by atoms with Crippen LogP contribution in [-0.4, -0.2) is 84.3 Å². The van der Waals surface area contributed by atoms with Crippen molar-refractivity contribution in [2.45, 2.75) is 88.6 Å². The van der Waals surface area contributed by atoms with Crippen LogP contribution >= 0.6 is 11.8 Å². The number of hydrogen-bond acceptors (Lipinski definition) is 10. The van der Waals surface area contributed by atoms with Gasteiger partial charge >= 0.3 is 6.09 Å². The maximum Gasteiger partial charge on any atom is 0.410 e. The molecule has 3 fully saturated rings.